The molecule has 1 heterocycles. The van der Waals surface area contributed by atoms with Crippen LogP contribution in [0, 0.1) is 6.92 Å². The van der Waals surface area contributed by atoms with Crippen molar-refractivity contribution < 1.29 is 4.79 Å². The number of nitrogens with zero attached hydrogens (tertiary/aromatic N) is 2. The van der Waals surface area contributed by atoms with E-state index in [9.17, 15) is 4.79 Å². The number of thioether (sulfide) groups is 1. The first kappa shape index (κ1) is 17.1. The average Bonchev–Trinajstić information content (AvgIpc) is 2.69. The highest BCUT2D eigenvalue weighted by molar-refractivity contribution is 8.13. The van der Waals surface area contributed by atoms with Gasteiger partial charge in [0.2, 0.25) is 5.12 Å². The molecule has 22 heavy (non-hydrogen) atoms. The largest absolute Gasteiger partial charge is 0.280 e. The molecule has 0 unspecified atom stereocenters. The Labute approximate surface area is 141 Å². The third kappa shape index (κ3) is 3.73. The molecule has 0 N–H and O–H groups in total. The maximum Gasteiger partial charge on any atom is 0.239 e. The zero-order chi connectivity index (χ0) is 16.5. The lowest BCUT2D eigenvalue weighted by atomic mass is 9.87. The average molecular weight is 337 g/mol. The molecule has 2 aromatic rings. The Bertz CT molecular complexity index is 684. The summed E-state index contributed by atoms with van der Waals surface area (Å²) in [6.07, 6.45) is 0. The number of benzene rings is 1. The lowest BCUT2D eigenvalue weighted by Gasteiger charge is -2.19. The van der Waals surface area contributed by atoms with E-state index in [0.717, 1.165) is 5.56 Å². The Hall–Kier alpha value is -1.26. The second-order valence-corrected chi connectivity index (χ2v) is 7.72. The molecular weight excluding hydrogens is 316 g/mol. The van der Waals surface area contributed by atoms with E-state index in [4.69, 9.17) is 11.6 Å². The van der Waals surface area contributed by atoms with Crippen molar-refractivity contribution in [1.29, 1.82) is 0 Å². The van der Waals surface area contributed by atoms with Crippen molar-refractivity contribution in [3.63, 3.8) is 0 Å². The van der Waals surface area contributed by atoms with Crippen molar-refractivity contribution in [3.05, 3.63) is 51.8 Å². The van der Waals surface area contributed by atoms with Gasteiger partial charge >= 0.3 is 0 Å². The molecular formula is C17H21ClN2OS. The minimum absolute atomic E-state index is 0.0482. The summed E-state index contributed by atoms with van der Waals surface area (Å²) in [7, 11) is 1.74. The van der Waals surface area contributed by atoms with Crippen LogP contribution >= 0.6 is 23.4 Å². The second kappa shape index (κ2) is 6.47. The van der Waals surface area contributed by atoms with Crippen LogP contribution in [0.4, 0.5) is 0 Å². The van der Waals surface area contributed by atoms with E-state index < -0.39 is 0 Å². The predicted molar refractivity (Wildman–Crippen MR) is 93.7 cm³/mol. The van der Waals surface area contributed by atoms with Crippen LogP contribution in [0.2, 0.25) is 5.02 Å². The molecule has 0 atom stereocenters. The van der Waals surface area contributed by atoms with Gasteiger partial charge in [-0.05, 0) is 23.5 Å². The van der Waals surface area contributed by atoms with Gasteiger partial charge in [-0.2, -0.15) is 5.10 Å². The molecule has 5 heteroatoms. The molecule has 0 saturated heterocycles. The van der Waals surface area contributed by atoms with Crippen LogP contribution in [0.3, 0.4) is 0 Å². The highest BCUT2D eigenvalue weighted by Crippen LogP contribution is 2.27. The van der Waals surface area contributed by atoms with Crippen LogP contribution in [0.25, 0.3) is 0 Å². The molecule has 0 bridgehead atoms. The Morgan fingerprint density at radius 1 is 1.27 bits per heavy atom. The lowest BCUT2D eigenvalue weighted by molar-refractivity contribution is 0.108. The van der Waals surface area contributed by atoms with Gasteiger partial charge in [-0.25, -0.2) is 0 Å². The van der Waals surface area contributed by atoms with Gasteiger partial charge in [-0.15, -0.1) is 0 Å². The fourth-order valence-corrected chi connectivity index (χ4v) is 3.34. The van der Waals surface area contributed by atoms with E-state index in [1.165, 1.54) is 17.3 Å². The Morgan fingerprint density at radius 2 is 1.86 bits per heavy atom. The summed E-state index contributed by atoms with van der Waals surface area (Å²) in [5, 5.41) is 4.58. The molecule has 0 fully saturated rings. The zero-order valence-corrected chi connectivity index (χ0v) is 15.2. The summed E-state index contributed by atoms with van der Waals surface area (Å²) < 4.78 is 1.55. The molecule has 3 nitrogen and oxygen atoms in total. The fourth-order valence-electron chi connectivity index (χ4n) is 2.17. The second-order valence-electron chi connectivity index (χ2n) is 6.39. The van der Waals surface area contributed by atoms with Crippen LogP contribution < -0.4 is 0 Å². The number of aryl methyl sites for hydroxylation is 2. The Balaban J connectivity index is 2.05. The summed E-state index contributed by atoms with van der Waals surface area (Å²) in [5.74, 6) is 0.629. The van der Waals surface area contributed by atoms with Crippen molar-refractivity contribution in [2.75, 3.05) is 0 Å². The number of hydrogen-bond donors (Lipinski definition) is 0. The van der Waals surface area contributed by atoms with Crippen molar-refractivity contribution in [2.45, 2.75) is 38.9 Å². The minimum Gasteiger partial charge on any atom is -0.280 e. The molecule has 0 saturated carbocycles. The number of halogens is 1. The maximum absolute atomic E-state index is 12.3. The van der Waals surface area contributed by atoms with Gasteiger partial charge in [-0.1, -0.05) is 68.4 Å². The minimum atomic E-state index is -0.0482. The van der Waals surface area contributed by atoms with Gasteiger partial charge in [0.1, 0.15) is 5.69 Å². The normalized spacial score (nSPS) is 11.7. The maximum atomic E-state index is 12.3. The standard InChI is InChI=1S/C17H21ClN2OS/c1-11-14(18)15(20(5)19-11)16(21)22-10-12-6-8-13(9-7-12)17(2,3)4/h6-9H,10H2,1-5H3. The molecule has 0 aliphatic heterocycles. The number of aromatic nitrogens is 2. The monoisotopic (exact) mass is 336 g/mol. The van der Waals surface area contributed by atoms with Crippen molar-refractivity contribution in [2.24, 2.45) is 7.05 Å². The molecule has 1 aromatic carbocycles. The van der Waals surface area contributed by atoms with Gasteiger partial charge in [0, 0.05) is 12.8 Å². The number of rotatable bonds is 3. The number of carbonyl (C=O) groups is 1. The van der Waals surface area contributed by atoms with E-state index in [1.807, 2.05) is 0 Å². The van der Waals surface area contributed by atoms with Crippen LogP contribution in [0.1, 0.15) is 48.1 Å². The summed E-state index contributed by atoms with van der Waals surface area (Å²) >= 11 is 7.40. The van der Waals surface area contributed by atoms with E-state index in [1.54, 1.807) is 18.7 Å². The predicted octanol–water partition coefficient (Wildman–Crippen LogP) is 4.75. The smallest absolute Gasteiger partial charge is 0.239 e. The Morgan fingerprint density at radius 3 is 2.32 bits per heavy atom. The third-order valence-corrected chi connectivity index (χ3v) is 4.92. The van der Waals surface area contributed by atoms with Crippen LogP contribution in [-0.4, -0.2) is 14.9 Å². The third-order valence-electron chi connectivity index (χ3n) is 3.53. The molecule has 2 rings (SSSR count). The van der Waals surface area contributed by atoms with Gasteiger partial charge < -0.3 is 0 Å². The summed E-state index contributed by atoms with van der Waals surface area (Å²) in [6.45, 7) is 8.36. The molecule has 0 spiro atoms. The van der Waals surface area contributed by atoms with Gasteiger partial charge in [-0.3, -0.25) is 9.48 Å². The quantitative estimate of drug-likeness (QED) is 0.811. The summed E-state index contributed by atoms with van der Waals surface area (Å²) in [4.78, 5) is 12.3. The first-order chi connectivity index (χ1) is 10.2. The van der Waals surface area contributed by atoms with Crippen LogP contribution in [-0.2, 0) is 18.2 Å². The Kier molecular flexibility index (Phi) is 5.03. The SMILES string of the molecule is Cc1nn(C)c(C(=O)SCc2ccc(C(C)(C)C)cc2)c1Cl. The molecule has 0 radical (unpaired) electrons. The van der Waals surface area contributed by atoms with Gasteiger partial charge in [0.15, 0.2) is 0 Å². The van der Waals surface area contributed by atoms with Crippen molar-refractivity contribution >= 4 is 28.5 Å². The number of carbonyl (C=O) groups excluding carboxylic acids is 1. The summed E-state index contributed by atoms with van der Waals surface area (Å²) in [5.41, 5.74) is 3.71. The highest BCUT2D eigenvalue weighted by atomic mass is 35.5. The highest BCUT2D eigenvalue weighted by Gasteiger charge is 2.19. The molecule has 0 amide bonds. The van der Waals surface area contributed by atoms with Gasteiger partial charge in [0.05, 0.1) is 10.7 Å². The lowest BCUT2D eigenvalue weighted by Crippen LogP contribution is -2.10. The van der Waals surface area contributed by atoms with Crippen LogP contribution in [0.5, 0.6) is 0 Å². The topological polar surface area (TPSA) is 34.9 Å². The van der Waals surface area contributed by atoms with Gasteiger partial charge in [0.25, 0.3) is 0 Å². The fraction of sp³-hybridized carbons (Fsp3) is 0.412. The van der Waals surface area contributed by atoms with E-state index >= 15 is 0 Å². The first-order valence-electron chi connectivity index (χ1n) is 7.16. The zero-order valence-electron chi connectivity index (χ0n) is 13.6. The molecule has 0 aliphatic rings. The molecule has 0 aliphatic carbocycles. The molecule has 1 aromatic heterocycles. The van der Waals surface area contributed by atoms with E-state index in [-0.39, 0.29) is 10.5 Å². The molecule has 118 valence electrons. The first-order valence-corrected chi connectivity index (χ1v) is 8.52. The van der Waals surface area contributed by atoms with Crippen LogP contribution in [0.15, 0.2) is 24.3 Å². The van der Waals surface area contributed by atoms with E-state index in [2.05, 4.69) is 50.1 Å². The number of hydrogen-bond acceptors (Lipinski definition) is 3. The summed E-state index contributed by atoms with van der Waals surface area (Å²) in [6, 6.07) is 8.41. The van der Waals surface area contributed by atoms with Crippen molar-refractivity contribution in [3.8, 4) is 0 Å². The van der Waals surface area contributed by atoms with E-state index in [0.29, 0.717) is 22.2 Å². The van der Waals surface area contributed by atoms with Crippen molar-refractivity contribution in [1.82, 2.24) is 9.78 Å².